The second kappa shape index (κ2) is 3.39. The van der Waals surface area contributed by atoms with Gasteiger partial charge in [-0.3, -0.25) is 0 Å². The monoisotopic (exact) mass is 334 g/mol. The summed E-state index contributed by atoms with van der Waals surface area (Å²) in [6.45, 7) is 1.60. The molecule has 126 valence electrons. The smallest absolute Gasteiger partial charge is 0.344 e. The minimum atomic E-state index is -1.50. The van der Waals surface area contributed by atoms with Crippen LogP contribution in [0, 0.1) is 10.8 Å². The molecule has 5 fully saturated rings. The molecule has 4 heterocycles. The van der Waals surface area contributed by atoms with Crippen LogP contribution in [0.4, 0.5) is 0 Å². The zero-order chi connectivity index (χ0) is 16.6. The number of hydrogen-bond acceptors (Lipinski definition) is 8. The van der Waals surface area contributed by atoms with E-state index in [2.05, 4.69) is 0 Å². The van der Waals surface area contributed by atoms with E-state index in [4.69, 9.17) is 18.9 Å². The van der Waals surface area contributed by atoms with Crippen molar-refractivity contribution in [1.82, 2.24) is 0 Å². The summed E-state index contributed by atoms with van der Waals surface area (Å²) in [4.78, 5) is 36.9. The lowest BCUT2D eigenvalue weighted by molar-refractivity contribution is -0.188. The number of esters is 3. The third kappa shape index (κ3) is 0.900. The van der Waals surface area contributed by atoms with Crippen LogP contribution in [0.15, 0.2) is 11.1 Å². The number of carbonyl (C=O) groups is 3. The maximum absolute atomic E-state index is 12.9. The summed E-state index contributed by atoms with van der Waals surface area (Å²) in [5.74, 6) is -1.78. The molecule has 1 N–H and O–H groups in total. The van der Waals surface area contributed by atoms with Crippen molar-refractivity contribution in [3.63, 3.8) is 0 Å². The van der Waals surface area contributed by atoms with Gasteiger partial charge in [-0.15, -0.1) is 0 Å². The quantitative estimate of drug-likeness (QED) is 0.459. The third-order valence-electron chi connectivity index (χ3n) is 7.17. The molecule has 6 aliphatic rings. The van der Waals surface area contributed by atoms with Gasteiger partial charge in [-0.1, -0.05) is 0 Å². The first-order valence-corrected chi connectivity index (χ1v) is 8.10. The Morgan fingerprint density at radius 1 is 1.17 bits per heavy atom. The normalized spacial score (nSPS) is 56.0. The van der Waals surface area contributed by atoms with Gasteiger partial charge in [-0.05, 0) is 19.8 Å². The number of carbonyl (C=O) groups excluding carboxylic acids is 3. The van der Waals surface area contributed by atoms with E-state index < -0.39 is 58.9 Å². The van der Waals surface area contributed by atoms with Gasteiger partial charge < -0.3 is 24.1 Å². The fourth-order valence-electron chi connectivity index (χ4n) is 6.45. The molecule has 3 saturated heterocycles. The first-order valence-electron chi connectivity index (χ1n) is 8.10. The van der Waals surface area contributed by atoms with E-state index in [1.165, 1.54) is 0 Å². The van der Waals surface area contributed by atoms with Crippen LogP contribution in [-0.2, 0) is 33.3 Å². The maximum Gasteiger partial charge on any atom is 0.344 e. The Balaban J connectivity index is 1.70. The molecular formula is C16H14O8. The van der Waals surface area contributed by atoms with Crippen molar-refractivity contribution in [2.45, 2.75) is 56.4 Å². The lowest BCUT2D eigenvalue weighted by atomic mass is 9.58. The van der Waals surface area contributed by atoms with Crippen LogP contribution < -0.4 is 0 Å². The molecule has 8 heteroatoms. The number of aliphatic hydroxyl groups excluding tert-OH is 1. The highest BCUT2D eigenvalue weighted by Crippen LogP contribution is 2.80. The summed E-state index contributed by atoms with van der Waals surface area (Å²) in [5, 5.41) is 10.7. The fraction of sp³-hybridized carbons (Fsp3) is 0.688. The molecule has 4 aliphatic heterocycles. The highest BCUT2D eigenvalue weighted by atomic mass is 16.7. The van der Waals surface area contributed by atoms with Gasteiger partial charge in [0.1, 0.15) is 12.2 Å². The molecule has 6 unspecified atom stereocenters. The van der Waals surface area contributed by atoms with E-state index in [9.17, 15) is 19.5 Å². The molecule has 24 heavy (non-hydrogen) atoms. The topological polar surface area (TPSA) is 108 Å². The van der Waals surface area contributed by atoms with Crippen molar-refractivity contribution in [2.75, 3.05) is 0 Å². The van der Waals surface area contributed by atoms with Crippen LogP contribution in [0.5, 0.6) is 0 Å². The molecule has 0 aromatic heterocycles. The van der Waals surface area contributed by atoms with E-state index in [1.807, 2.05) is 0 Å². The van der Waals surface area contributed by atoms with Crippen molar-refractivity contribution in [3.05, 3.63) is 11.1 Å². The Hall–Kier alpha value is -1.93. The van der Waals surface area contributed by atoms with Crippen molar-refractivity contribution in [2.24, 2.45) is 10.8 Å². The Morgan fingerprint density at radius 3 is 2.75 bits per heavy atom. The summed E-state index contributed by atoms with van der Waals surface area (Å²) in [6, 6.07) is 0. The van der Waals surface area contributed by atoms with E-state index >= 15 is 0 Å². The number of fused-ring (bicyclic) bond motifs is 1. The first-order chi connectivity index (χ1) is 11.4. The molecule has 8 nitrogen and oxygen atoms in total. The Morgan fingerprint density at radius 2 is 1.96 bits per heavy atom. The number of hydrogen-bond donors (Lipinski definition) is 1. The largest absolute Gasteiger partial charge is 0.459 e. The van der Waals surface area contributed by atoms with Gasteiger partial charge in [0.2, 0.25) is 11.9 Å². The summed E-state index contributed by atoms with van der Waals surface area (Å²) in [5.41, 5.74) is -2.64. The second-order valence-corrected chi connectivity index (χ2v) is 7.55. The summed E-state index contributed by atoms with van der Waals surface area (Å²) in [7, 11) is 0. The van der Waals surface area contributed by atoms with Gasteiger partial charge in [0.15, 0.2) is 6.10 Å². The molecule has 7 atom stereocenters. The summed E-state index contributed by atoms with van der Waals surface area (Å²) >= 11 is 0. The lowest BCUT2D eigenvalue weighted by Gasteiger charge is -2.38. The number of rotatable bonds is 0. The molecule has 0 aromatic carbocycles. The Labute approximate surface area is 135 Å². The van der Waals surface area contributed by atoms with Gasteiger partial charge in [0.05, 0.1) is 10.8 Å². The summed E-state index contributed by atoms with van der Waals surface area (Å²) in [6.07, 6.45) is -2.17. The zero-order valence-corrected chi connectivity index (χ0v) is 12.7. The Bertz CT molecular complexity index is 800. The lowest BCUT2D eigenvalue weighted by Crippen LogP contribution is -2.54. The molecular weight excluding hydrogens is 320 g/mol. The minimum absolute atomic E-state index is 0.298. The van der Waals surface area contributed by atoms with Crippen LogP contribution in [0.3, 0.4) is 0 Å². The van der Waals surface area contributed by atoms with Gasteiger partial charge in [-0.25, -0.2) is 14.4 Å². The molecule has 2 spiro atoms. The molecule has 6 rings (SSSR count). The SMILES string of the molecule is CC1=C2C(CC34C5CCC36C(OC(=O)[C@@H]6O)OC24C(=O)O5)OC1=O. The zero-order valence-electron chi connectivity index (χ0n) is 12.7. The van der Waals surface area contributed by atoms with Crippen molar-refractivity contribution < 1.29 is 38.4 Å². The van der Waals surface area contributed by atoms with Crippen LogP contribution in [-0.4, -0.2) is 53.2 Å². The molecule has 0 radical (unpaired) electrons. The minimum Gasteiger partial charge on any atom is -0.459 e. The van der Waals surface area contributed by atoms with Crippen LogP contribution >= 0.6 is 0 Å². The van der Waals surface area contributed by atoms with Crippen molar-refractivity contribution in [1.29, 1.82) is 0 Å². The first kappa shape index (κ1) is 13.4. The predicted octanol–water partition coefficient (Wildman–Crippen LogP) is -0.663. The summed E-state index contributed by atoms with van der Waals surface area (Å²) < 4.78 is 22.4. The molecule has 0 bridgehead atoms. The second-order valence-electron chi connectivity index (χ2n) is 7.55. The average Bonchev–Trinajstić information content (AvgIpc) is 3.24. The van der Waals surface area contributed by atoms with Gasteiger partial charge in [0, 0.05) is 17.6 Å². The van der Waals surface area contributed by atoms with Crippen molar-refractivity contribution >= 4 is 17.9 Å². The van der Waals surface area contributed by atoms with E-state index in [1.54, 1.807) is 6.92 Å². The maximum atomic E-state index is 12.9. The van der Waals surface area contributed by atoms with E-state index in [-0.39, 0.29) is 0 Å². The van der Waals surface area contributed by atoms with Crippen LogP contribution in [0.25, 0.3) is 0 Å². The van der Waals surface area contributed by atoms with Crippen LogP contribution in [0.2, 0.25) is 0 Å². The molecule has 2 aliphatic carbocycles. The van der Waals surface area contributed by atoms with Gasteiger partial charge >= 0.3 is 17.9 Å². The number of aliphatic hydroxyl groups is 1. The fourth-order valence-corrected chi connectivity index (χ4v) is 6.45. The van der Waals surface area contributed by atoms with Crippen LogP contribution in [0.1, 0.15) is 26.2 Å². The average molecular weight is 334 g/mol. The van der Waals surface area contributed by atoms with Gasteiger partial charge in [-0.2, -0.15) is 0 Å². The predicted molar refractivity (Wildman–Crippen MR) is 70.9 cm³/mol. The highest BCUT2D eigenvalue weighted by molar-refractivity contribution is 6.00. The number of ether oxygens (including phenoxy) is 4. The van der Waals surface area contributed by atoms with Gasteiger partial charge in [0.25, 0.3) is 0 Å². The third-order valence-corrected chi connectivity index (χ3v) is 7.17. The standard InChI is InChI=1S/C16H14O8/c1-5-8-6(21-10(5)18)4-15-7-2-3-14(15)9(17)11(19)23-13(14)24-16(8,15)12(20)22-7/h6-7,9,13,17H,2-4H2,1H3/t6?,7?,9-,13?,14?,15?,16?/m0/s1. The Kier molecular flexibility index (Phi) is 1.89. The van der Waals surface area contributed by atoms with E-state index in [0.717, 1.165) is 0 Å². The molecule has 0 aromatic rings. The molecule has 0 amide bonds. The highest BCUT2D eigenvalue weighted by Gasteiger charge is 2.94. The van der Waals surface area contributed by atoms with E-state index in [0.29, 0.717) is 30.4 Å². The molecule has 2 saturated carbocycles. The van der Waals surface area contributed by atoms with Crippen molar-refractivity contribution in [3.8, 4) is 0 Å².